The molecule has 0 amide bonds. The highest BCUT2D eigenvalue weighted by molar-refractivity contribution is 7.89. The molecule has 1 aromatic carbocycles. The third kappa shape index (κ3) is 4.19. The zero-order valence-electron chi connectivity index (χ0n) is 12.3. The van der Waals surface area contributed by atoms with Crippen LogP contribution in [-0.2, 0) is 10.0 Å². The second-order valence-corrected chi connectivity index (χ2v) is 6.76. The average molecular weight is 300 g/mol. The standard InChI is InChI=1S/C14H24N2O3S/c1-4-11(5-2)13(17)9-16-20(18,19)14-7-6-12(15)8-10(14)3/h6-8,11,13,16-17H,4-5,9,15H2,1-3H3. The Morgan fingerprint density at radius 1 is 1.30 bits per heavy atom. The van der Waals surface area contributed by atoms with Gasteiger partial charge in [0, 0.05) is 12.2 Å². The van der Waals surface area contributed by atoms with Crippen LogP contribution in [0.25, 0.3) is 0 Å². The van der Waals surface area contributed by atoms with Gasteiger partial charge in [0.05, 0.1) is 11.0 Å². The Kier molecular flexibility index (Phi) is 5.98. The molecule has 114 valence electrons. The Bertz CT molecular complexity index is 539. The molecule has 1 aromatic rings. The molecule has 0 aromatic heterocycles. The molecule has 0 heterocycles. The average Bonchev–Trinajstić information content (AvgIpc) is 2.37. The van der Waals surface area contributed by atoms with E-state index >= 15 is 0 Å². The van der Waals surface area contributed by atoms with E-state index in [1.54, 1.807) is 19.1 Å². The van der Waals surface area contributed by atoms with Crippen molar-refractivity contribution in [2.75, 3.05) is 12.3 Å². The first kappa shape index (κ1) is 16.9. The highest BCUT2D eigenvalue weighted by Gasteiger charge is 2.21. The summed E-state index contributed by atoms with van der Waals surface area (Å²) >= 11 is 0. The summed E-state index contributed by atoms with van der Waals surface area (Å²) in [6.07, 6.45) is 0.967. The fourth-order valence-electron chi connectivity index (χ4n) is 2.25. The summed E-state index contributed by atoms with van der Waals surface area (Å²) in [5, 5.41) is 9.99. The number of anilines is 1. The number of hydrogen-bond acceptors (Lipinski definition) is 4. The number of sulfonamides is 1. The van der Waals surface area contributed by atoms with Crippen LogP contribution in [0.3, 0.4) is 0 Å². The van der Waals surface area contributed by atoms with E-state index in [2.05, 4.69) is 4.72 Å². The van der Waals surface area contributed by atoms with E-state index in [1.165, 1.54) is 6.07 Å². The Morgan fingerprint density at radius 2 is 1.90 bits per heavy atom. The quantitative estimate of drug-likeness (QED) is 0.668. The summed E-state index contributed by atoms with van der Waals surface area (Å²) in [5.41, 5.74) is 6.73. The Morgan fingerprint density at radius 3 is 2.40 bits per heavy atom. The van der Waals surface area contributed by atoms with E-state index in [1.807, 2.05) is 13.8 Å². The second-order valence-electron chi connectivity index (χ2n) is 5.02. The molecule has 0 saturated heterocycles. The highest BCUT2D eigenvalue weighted by atomic mass is 32.2. The molecular weight excluding hydrogens is 276 g/mol. The van der Waals surface area contributed by atoms with Crippen LogP contribution < -0.4 is 10.5 Å². The molecule has 0 spiro atoms. The van der Waals surface area contributed by atoms with Gasteiger partial charge < -0.3 is 10.8 Å². The minimum Gasteiger partial charge on any atom is -0.399 e. The minimum absolute atomic E-state index is 0.0263. The zero-order valence-corrected chi connectivity index (χ0v) is 13.1. The Hall–Kier alpha value is -1.11. The minimum atomic E-state index is -3.62. The predicted octanol–water partition coefficient (Wildman–Crippen LogP) is 1.65. The lowest BCUT2D eigenvalue weighted by molar-refractivity contribution is 0.107. The Balaban J connectivity index is 2.80. The van der Waals surface area contributed by atoms with Gasteiger partial charge in [-0.15, -0.1) is 0 Å². The first-order valence-corrected chi connectivity index (χ1v) is 8.34. The van der Waals surface area contributed by atoms with Gasteiger partial charge in [0.25, 0.3) is 0 Å². The fourth-order valence-corrected chi connectivity index (χ4v) is 3.52. The van der Waals surface area contributed by atoms with E-state index in [-0.39, 0.29) is 17.4 Å². The van der Waals surface area contributed by atoms with Crippen molar-refractivity contribution in [3.8, 4) is 0 Å². The lowest BCUT2D eigenvalue weighted by atomic mass is 9.97. The smallest absolute Gasteiger partial charge is 0.240 e. The SMILES string of the molecule is CCC(CC)C(O)CNS(=O)(=O)c1ccc(N)cc1C. The van der Waals surface area contributed by atoms with Crippen LogP contribution >= 0.6 is 0 Å². The number of aliphatic hydroxyl groups excluding tert-OH is 1. The van der Waals surface area contributed by atoms with Crippen molar-refractivity contribution >= 4 is 15.7 Å². The van der Waals surface area contributed by atoms with Crippen LogP contribution in [0.1, 0.15) is 32.3 Å². The van der Waals surface area contributed by atoms with Crippen molar-refractivity contribution in [2.24, 2.45) is 5.92 Å². The summed E-state index contributed by atoms with van der Waals surface area (Å²) in [4.78, 5) is 0.198. The number of rotatable bonds is 7. The molecule has 0 saturated carbocycles. The number of nitrogens with one attached hydrogen (secondary N) is 1. The summed E-state index contributed by atoms with van der Waals surface area (Å²) < 4.78 is 26.9. The van der Waals surface area contributed by atoms with E-state index < -0.39 is 16.1 Å². The van der Waals surface area contributed by atoms with Gasteiger partial charge in [-0.1, -0.05) is 26.7 Å². The monoisotopic (exact) mass is 300 g/mol. The number of hydrogen-bond donors (Lipinski definition) is 3. The lowest BCUT2D eigenvalue weighted by Gasteiger charge is -2.20. The topological polar surface area (TPSA) is 92.4 Å². The number of nitrogens with two attached hydrogens (primary N) is 1. The maximum Gasteiger partial charge on any atom is 0.240 e. The van der Waals surface area contributed by atoms with Crippen molar-refractivity contribution < 1.29 is 13.5 Å². The number of nitrogen functional groups attached to an aromatic ring is 1. The van der Waals surface area contributed by atoms with Crippen molar-refractivity contribution in [1.82, 2.24) is 4.72 Å². The van der Waals surface area contributed by atoms with Crippen molar-refractivity contribution in [3.63, 3.8) is 0 Å². The molecule has 0 fully saturated rings. The number of aliphatic hydroxyl groups is 1. The van der Waals surface area contributed by atoms with Gasteiger partial charge in [-0.05, 0) is 36.6 Å². The molecule has 0 aliphatic carbocycles. The zero-order chi connectivity index (χ0) is 15.3. The van der Waals surface area contributed by atoms with Crippen molar-refractivity contribution in [2.45, 2.75) is 44.6 Å². The van der Waals surface area contributed by atoms with Gasteiger partial charge in [-0.3, -0.25) is 0 Å². The van der Waals surface area contributed by atoms with Gasteiger partial charge in [0.1, 0.15) is 0 Å². The molecule has 1 atom stereocenters. The van der Waals surface area contributed by atoms with Crippen LogP contribution in [0.2, 0.25) is 0 Å². The molecule has 0 aliphatic rings. The van der Waals surface area contributed by atoms with Crippen molar-refractivity contribution in [3.05, 3.63) is 23.8 Å². The molecule has 4 N–H and O–H groups in total. The van der Waals surface area contributed by atoms with Crippen LogP contribution in [0.5, 0.6) is 0 Å². The van der Waals surface area contributed by atoms with Crippen LogP contribution in [0.4, 0.5) is 5.69 Å². The molecule has 6 heteroatoms. The normalized spacial score (nSPS) is 13.7. The van der Waals surface area contributed by atoms with E-state index in [9.17, 15) is 13.5 Å². The van der Waals surface area contributed by atoms with Gasteiger partial charge in [0.15, 0.2) is 0 Å². The number of benzene rings is 1. The summed E-state index contributed by atoms with van der Waals surface area (Å²) in [7, 11) is -3.62. The van der Waals surface area contributed by atoms with E-state index in [0.717, 1.165) is 12.8 Å². The van der Waals surface area contributed by atoms with Crippen LogP contribution in [-0.4, -0.2) is 26.2 Å². The maximum atomic E-state index is 12.2. The van der Waals surface area contributed by atoms with E-state index in [4.69, 9.17) is 5.73 Å². The van der Waals surface area contributed by atoms with Crippen molar-refractivity contribution in [1.29, 1.82) is 0 Å². The molecule has 1 unspecified atom stereocenters. The molecule has 1 rings (SSSR count). The predicted molar refractivity (Wildman–Crippen MR) is 80.9 cm³/mol. The lowest BCUT2D eigenvalue weighted by Crippen LogP contribution is -2.36. The first-order chi connectivity index (χ1) is 9.31. The molecule has 0 radical (unpaired) electrons. The fraction of sp³-hybridized carbons (Fsp3) is 0.571. The summed E-state index contributed by atoms with van der Waals surface area (Å²) in [6.45, 7) is 5.69. The van der Waals surface area contributed by atoms with Gasteiger partial charge >= 0.3 is 0 Å². The van der Waals surface area contributed by atoms with Gasteiger partial charge in [-0.2, -0.15) is 0 Å². The highest BCUT2D eigenvalue weighted by Crippen LogP contribution is 2.18. The van der Waals surface area contributed by atoms with Gasteiger partial charge in [0.2, 0.25) is 10.0 Å². The third-order valence-corrected chi connectivity index (χ3v) is 5.15. The maximum absolute atomic E-state index is 12.2. The number of aryl methyl sites for hydroxylation is 1. The van der Waals surface area contributed by atoms with Crippen LogP contribution in [0, 0.1) is 12.8 Å². The molecule has 0 bridgehead atoms. The molecule has 5 nitrogen and oxygen atoms in total. The van der Waals surface area contributed by atoms with Crippen LogP contribution in [0.15, 0.2) is 23.1 Å². The largest absolute Gasteiger partial charge is 0.399 e. The second kappa shape index (κ2) is 7.06. The molecule has 20 heavy (non-hydrogen) atoms. The van der Waals surface area contributed by atoms with E-state index in [0.29, 0.717) is 11.3 Å². The molecule has 0 aliphatic heterocycles. The summed E-state index contributed by atoms with van der Waals surface area (Å²) in [5.74, 6) is 0.102. The first-order valence-electron chi connectivity index (χ1n) is 6.85. The van der Waals surface area contributed by atoms with Gasteiger partial charge in [-0.25, -0.2) is 13.1 Å². The third-order valence-electron chi connectivity index (χ3n) is 3.56. The molecular formula is C14H24N2O3S. The Labute approximate surface area is 121 Å². The summed E-state index contributed by atoms with van der Waals surface area (Å²) in [6, 6.07) is 4.65.